The number of nitrogens with two attached hydrogens (primary N) is 1. The molecule has 1 amide bonds. The number of hydrogen-bond donors (Lipinski definition) is 2. The van der Waals surface area contributed by atoms with Gasteiger partial charge in [0.15, 0.2) is 0 Å². The molecule has 0 spiro atoms. The van der Waals surface area contributed by atoms with Crippen molar-refractivity contribution in [2.45, 2.75) is 24.9 Å². The first kappa shape index (κ1) is 13.1. The minimum atomic E-state index is -0.571. The summed E-state index contributed by atoms with van der Waals surface area (Å²) in [4.78, 5) is 14.2. The summed E-state index contributed by atoms with van der Waals surface area (Å²) in [7, 11) is 2.10. The Balaban J connectivity index is 1.84. The van der Waals surface area contributed by atoms with Crippen LogP contribution >= 0.6 is 0 Å². The van der Waals surface area contributed by atoms with Crippen molar-refractivity contribution in [2.24, 2.45) is 5.73 Å². The van der Waals surface area contributed by atoms with E-state index in [0.717, 1.165) is 18.5 Å². The molecule has 1 heterocycles. The van der Waals surface area contributed by atoms with E-state index in [9.17, 15) is 4.79 Å². The minimum Gasteiger partial charge on any atom is -0.353 e. The average Bonchev–Trinajstić information content (AvgIpc) is 2.81. The van der Waals surface area contributed by atoms with Crippen LogP contribution < -0.4 is 11.1 Å². The van der Waals surface area contributed by atoms with E-state index in [0.29, 0.717) is 12.6 Å². The molecule has 1 unspecified atom stereocenters. The molecule has 1 saturated heterocycles. The summed E-state index contributed by atoms with van der Waals surface area (Å²) in [5, 5.41) is 2.95. The molecule has 4 nitrogen and oxygen atoms in total. The van der Waals surface area contributed by atoms with Crippen LogP contribution in [0.1, 0.15) is 24.4 Å². The average molecular weight is 247 g/mol. The number of nitrogens with one attached hydrogen (secondary N) is 1. The first-order chi connectivity index (χ1) is 8.68. The van der Waals surface area contributed by atoms with Crippen molar-refractivity contribution < 1.29 is 4.79 Å². The monoisotopic (exact) mass is 247 g/mol. The molecule has 2 atom stereocenters. The van der Waals surface area contributed by atoms with Crippen LogP contribution in [-0.2, 0) is 4.79 Å². The number of amides is 1. The smallest absolute Gasteiger partial charge is 0.241 e. The van der Waals surface area contributed by atoms with Crippen LogP contribution in [0, 0.1) is 0 Å². The van der Waals surface area contributed by atoms with E-state index in [2.05, 4.69) is 17.3 Å². The zero-order chi connectivity index (χ0) is 13.0. The summed E-state index contributed by atoms with van der Waals surface area (Å²) in [6, 6.07) is 9.36. The van der Waals surface area contributed by atoms with Crippen LogP contribution in [0.2, 0.25) is 0 Å². The van der Waals surface area contributed by atoms with Gasteiger partial charge in [0.1, 0.15) is 6.04 Å². The van der Waals surface area contributed by atoms with Crippen molar-refractivity contribution >= 4 is 5.91 Å². The zero-order valence-corrected chi connectivity index (χ0v) is 10.8. The number of nitrogens with zero attached hydrogens (tertiary/aromatic N) is 1. The first-order valence-corrected chi connectivity index (χ1v) is 6.47. The van der Waals surface area contributed by atoms with E-state index < -0.39 is 6.04 Å². The third-order valence-corrected chi connectivity index (χ3v) is 3.62. The molecular weight excluding hydrogens is 226 g/mol. The van der Waals surface area contributed by atoms with Gasteiger partial charge in [0.25, 0.3) is 0 Å². The Morgan fingerprint density at radius 1 is 1.50 bits per heavy atom. The molecule has 18 heavy (non-hydrogen) atoms. The summed E-state index contributed by atoms with van der Waals surface area (Å²) in [5.74, 6) is -0.0958. The second-order valence-electron chi connectivity index (χ2n) is 4.91. The molecule has 0 aliphatic carbocycles. The van der Waals surface area contributed by atoms with Crippen molar-refractivity contribution in [1.29, 1.82) is 0 Å². The highest BCUT2D eigenvalue weighted by Gasteiger charge is 2.22. The number of benzene rings is 1. The lowest BCUT2D eigenvalue weighted by molar-refractivity contribution is -0.122. The number of likely N-dealkylation sites (N-methyl/N-ethyl adjacent to an activating group) is 1. The van der Waals surface area contributed by atoms with Crippen LogP contribution in [0.5, 0.6) is 0 Å². The van der Waals surface area contributed by atoms with Gasteiger partial charge in [0.05, 0.1) is 0 Å². The van der Waals surface area contributed by atoms with Gasteiger partial charge in [-0.15, -0.1) is 0 Å². The molecule has 2 rings (SSSR count). The van der Waals surface area contributed by atoms with E-state index in [1.54, 1.807) is 0 Å². The van der Waals surface area contributed by atoms with E-state index in [1.807, 2.05) is 30.3 Å². The fraction of sp³-hybridized carbons (Fsp3) is 0.500. The maximum Gasteiger partial charge on any atom is 0.241 e. The number of likely N-dealkylation sites (tertiary alicyclic amines) is 1. The van der Waals surface area contributed by atoms with Gasteiger partial charge in [-0.05, 0) is 32.0 Å². The van der Waals surface area contributed by atoms with Crippen LogP contribution in [0.3, 0.4) is 0 Å². The Labute approximate surface area is 108 Å². The van der Waals surface area contributed by atoms with E-state index in [4.69, 9.17) is 5.73 Å². The first-order valence-electron chi connectivity index (χ1n) is 6.47. The highest BCUT2D eigenvalue weighted by Crippen LogP contribution is 2.14. The lowest BCUT2D eigenvalue weighted by Crippen LogP contribution is -2.41. The standard InChI is InChI=1S/C14H21N3O/c1-17-9-5-8-12(17)10-16-14(18)13(15)11-6-3-2-4-7-11/h2-4,6-7,12-13H,5,8-10,15H2,1H3,(H,16,18)/t12?,13-/m0/s1. The minimum absolute atomic E-state index is 0.0958. The molecule has 0 saturated carbocycles. The second-order valence-corrected chi connectivity index (χ2v) is 4.91. The van der Waals surface area contributed by atoms with Gasteiger partial charge in [0, 0.05) is 12.6 Å². The van der Waals surface area contributed by atoms with Crippen molar-refractivity contribution in [1.82, 2.24) is 10.2 Å². The Hall–Kier alpha value is -1.39. The highest BCUT2D eigenvalue weighted by atomic mass is 16.2. The molecule has 0 aromatic heterocycles. The second kappa shape index (κ2) is 5.98. The fourth-order valence-corrected chi connectivity index (χ4v) is 2.38. The molecular formula is C14H21N3O. The van der Waals surface area contributed by atoms with E-state index >= 15 is 0 Å². The third-order valence-electron chi connectivity index (χ3n) is 3.62. The topological polar surface area (TPSA) is 58.4 Å². The SMILES string of the molecule is CN1CCCC1CNC(=O)[C@@H](N)c1ccccc1. The Kier molecular flexibility index (Phi) is 4.33. The quantitative estimate of drug-likeness (QED) is 0.831. The van der Waals surface area contributed by atoms with Crippen LogP contribution in [0.15, 0.2) is 30.3 Å². The van der Waals surface area contributed by atoms with Gasteiger partial charge < -0.3 is 16.0 Å². The summed E-state index contributed by atoms with van der Waals surface area (Å²) in [5.41, 5.74) is 6.79. The maximum atomic E-state index is 12.0. The number of carbonyl (C=O) groups excluding carboxylic acids is 1. The number of rotatable bonds is 4. The summed E-state index contributed by atoms with van der Waals surface area (Å²) in [6.45, 7) is 1.81. The van der Waals surface area contributed by atoms with Crippen molar-refractivity contribution in [3.8, 4) is 0 Å². The van der Waals surface area contributed by atoms with Gasteiger partial charge in [-0.1, -0.05) is 30.3 Å². The predicted molar refractivity (Wildman–Crippen MR) is 72.0 cm³/mol. The van der Waals surface area contributed by atoms with Crippen molar-refractivity contribution in [3.63, 3.8) is 0 Å². The van der Waals surface area contributed by atoms with Gasteiger partial charge in [-0.2, -0.15) is 0 Å². The lowest BCUT2D eigenvalue weighted by Gasteiger charge is -2.21. The number of carbonyl (C=O) groups is 1. The molecule has 0 bridgehead atoms. The molecule has 0 radical (unpaired) electrons. The summed E-state index contributed by atoms with van der Waals surface area (Å²) >= 11 is 0. The molecule has 4 heteroatoms. The zero-order valence-electron chi connectivity index (χ0n) is 10.8. The molecule has 1 aromatic rings. The number of hydrogen-bond acceptors (Lipinski definition) is 3. The molecule has 1 aliphatic rings. The van der Waals surface area contributed by atoms with Crippen molar-refractivity contribution in [2.75, 3.05) is 20.1 Å². The molecule has 1 aromatic carbocycles. The molecule has 1 aliphatic heterocycles. The van der Waals surface area contributed by atoms with Gasteiger partial charge in [-0.25, -0.2) is 0 Å². The van der Waals surface area contributed by atoms with Crippen LogP contribution in [-0.4, -0.2) is 37.0 Å². The predicted octanol–water partition coefficient (Wildman–Crippen LogP) is 0.897. The summed E-state index contributed by atoms with van der Waals surface area (Å²) < 4.78 is 0. The Bertz CT molecular complexity index is 393. The Morgan fingerprint density at radius 3 is 2.83 bits per heavy atom. The molecule has 3 N–H and O–H groups in total. The largest absolute Gasteiger partial charge is 0.353 e. The third kappa shape index (κ3) is 3.09. The highest BCUT2D eigenvalue weighted by molar-refractivity contribution is 5.82. The molecule has 98 valence electrons. The van der Waals surface area contributed by atoms with E-state index in [1.165, 1.54) is 6.42 Å². The Morgan fingerprint density at radius 2 is 2.22 bits per heavy atom. The lowest BCUT2D eigenvalue weighted by atomic mass is 10.1. The van der Waals surface area contributed by atoms with E-state index in [-0.39, 0.29) is 5.91 Å². The van der Waals surface area contributed by atoms with Gasteiger partial charge in [-0.3, -0.25) is 4.79 Å². The van der Waals surface area contributed by atoms with Gasteiger partial charge in [0.2, 0.25) is 5.91 Å². The van der Waals surface area contributed by atoms with Gasteiger partial charge >= 0.3 is 0 Å². The maximum absolute atomic E-state index is 12.0. The molecule has 1 fully saturated rings. The fourth-order valence-electron chi connectivity index (χ4n) is 2.38. The normalized spacial score (nSPS) is 21.8. The summed E-state index contributed by atoms with van der Waals surface area (Å²) in [6.07, 6.45) is 2.36. The van der Waals surface area contributed by atoms with Crippen LogP contribution in [0.25, 0.3) is 0 Å². The van der Waals surface area contributed by atoms with Crippen molar-refractivity contribution in [3.05, 3.63) is 35.9 Å². The van der Waals surface area contributed by atoms with Crippen LogP contribution in [0.4, 0.5) is 0 Å².